The molecule has 0 unspecified atom stereocenters. The molecule has 0 aliphatic carbocycles. The highest BCUT2D eigenvalue weighted by molar-refractivity contribution is 7.80. The molecule has 0 saturated carbocycles. The molecule has 0 radical (unpaired) electrons. The van der Waals surface area contributed by atoms with Gasteiger partial charge in [-0.05, 0) is 36.4 Å². The maximum absolute atomic E-state index is 11.0. The van der Waals surface area contributed by atoms with Crippen LogP contribution in [0.3, 0.4) is 0 Å². The predicted molar refractivity (Wildman–Crippen MR) is 77.4 cm³/mol. The third kappa shape index (κ3) is 3.08. The van der Waals surface area contributed by atoms with Gasteiger partial charge in [0.25, 0.3) is 0 Å². The highest BCUT2D eigenvalue weighted by atomic mass is 32.1. The zero-order chi connectivity index (χ0) is 13.8. The van der Waals surface area contributed by atoms with Crippen LogP contribution in [0.15, 0.2) is 48.5 Å². The predicted octanol–water partition coefficient (Wildman–Crippen LogP) is 2.21. The molecule has 0 aliphatic rings. The van der Waals surface area contributed by atoms with Crippen molar-refractivity contribution in [3.05, 3.63) is 59.7 Å². The van der Waals surface area contributed by atoms with E-state index in [-0.39, 0.29) is 4.99 Å². The summed E-state index contributed by atoms with van der Waals surface area (Å²) in [6, 6.07) is 13.7. The average Bonchev–Trinajstić information content (AvgIpc) is 2.39. The van der Waals surface area contributed by atoms with Gasteiger partial charge < -0.3 is 16.2 Å². The Hall–Kier alpha value is -2.40. The van der Waals surface area contributed by atoms with Crippen molar-refractivity contribution in [3.8, 4) is 11.5 Å². The molecule has 5 heteroatoms. The van der Waals surface area contributed by atoms with Crippen LogP contribution in [0, 0.1) is 0 Å². The van der Waals surface area contributed by atoms with Gasteiger partial charge in [0.2, 0.25) is 5.91 Å². The maximum Gasteiger partial charge on any atom is 0.248 e. The molecule has 2 aromatic rings. The van der Waals surface area contributed by atoms with E-state index in [1.54, 1.807) is 36.4 Å². The highest BCUT2D eigenvalue weighted by Crippen LogP contribution is 2.25. The molecule has 0 fully saturated rings. The van der Waals surface area contributed by atoms with Crippen molar-refractivity contribution >= 4 is 23.1 Å². The second-order valence-corrected chi connectivity index (χ2v) is 4.29. The van der Waals surface area contributed by atoms with Gasteiger partial charge in [-0.1, -0.05) is 24.4 Å². The Balaban J connectivity index is 2.26. The van der Waals surface area contributed by atoms with E-state index in [1.165, 1.54) is 0 Å². The second-order valence-electron chi connectivity index (χ2n) is 3.85. The SMILES string of the molecule is NC(=O)c1ccc(Oc2ccccc2C(N)=S)cc1. The molecule has 96 valence electrons. The van der Waals surface area contributed by atoms with Crippen LogP contribution in [0.4, 0.5) is 0 Å². The lowest BCUT2D eigenvalue weighted by molar-refractivity contribution is 0.100. The second kappa shape index (κ2) is 5.49. The molecule has 0 spiro atoms. The molecule has 0 aliphatic heterocycles. The Morgan fingerprint density at radius 3 is 2.21 bits per heavy atom. The minimum Gasteiger partial charge on any atom is -0.457 e. The van der Waals surface area contributed by atoms with Gasteiger partial charge in [-0.2, -0.15) is 0 Å². The number of carbonyl (C=O) groups is 1. The van der Waals surface area contributed by atoms with Crippen LogP contribution in [0.5, 0.6) is 11.5 Å². The van der Waals surface area contributed by atoms with Crippen LogP contribution in [0.1, 0.15) is 15.9 Å². The highest BCUT2D eigenvalue weighted by Gasteiger charge is 2.07. The number of primary amides is 1. The lowest BCUT2D eigenvalue weighted by Crippen LogP contribution is -2.11. The molecule has 4 N–H and O–H groups in total. The number of amides is 1. The number of thiocarbonyl (C=S) groups is 1. The smallest absolute Gasteiger partial charge is 0.248 e. The van der Waals surface area contributed by atoms with Crippen LogP contribution in [0.25, 0.3) is 0 Å². The standard InChI is InChI=1S/C14H12N2O2S/c15-13(17)9-5-7-10(8-6-9)18-12-4-2-1-3-11(12)14(16)19/h1-8H,(H2,15,17)(H2,16,19). The molecule has 0 aromatic heterocycles. The van der Waals surface area contributed by atoms with Gasteiger partial charge in [0.1, 0.15) is 16.5 Å². The van der Waals surface area contributed by atoms with Crippen molar-refractivity contribution < 1.29 is 9.53 Å². The first-order valence-corrected chi connectivity index (χ1v) is 5.95. The van der Waals surface area contributed by atoms with Gasteiger partial charge in [0.05, 0.1) is 5.56 Å². The minimum atomic E-state index is -0.477. The molecule has 19 heavy (non-hydrogen) atoms. The van der Waals surface area contributed by atoms with Crippen molar-refractivity contribution in [1.29, 1.82) is 0 Å². The monoisotopic (exact) mass is 272 g/mol. The Labute approximate surface area is 116 Å². The first kappa shape index (κ1) is 13.0. The van der Waals surface area contributed by atoms with Crippen LogP contribution in [-0.4, -0.2) is 10.9 Å². The summed E-state index contributed by atoms with van der Waals surface area (Å²) in [6.07, 6.45) is 0. The molecule has 0 bridgehead atoms. The Morgan fingerprint density at radius 1 is 1.00 bits per heavy atom. The van der Waals surface area contributed by atoms with Crippen molar-refractivity contribution in [2.45, 2.75) is 0 Å². The zero-order valence-corrected chi connectivity index (χ0v) is 10.8. The summed E-state index contributed by atoms with van der Waals surface area (Å²) < 4.78 is 5.69. The summed E-state index contributed by atoms with van der Waals surface area (Å²) in [5.41, 5.74) is 11.9. The van der Waals surface area contributed by atoms with E-state index in [0.717, 1.165) is 0 Å². The Bertz CT molecular complexity index is 624. The first-order valence-electron chi connectivity index (χ1n) is 5.54. The molecular weight excluding hydrogens is 260 g/mol. The van der Waals surface area contributed by atoms with Gasteiger partial charge in [-0.3, -0.25) is 4.79 Å². The summed E-state index contributed by atoms with van der Waals surface area (Å²) in [6.45, 7) is 0. The van der Waals surface area contributed by atoms with Gasteiger partial charge in [0.15, 0.2) is 0 Å². The van der Waals surface area contributed by atoms with Gasteiger partial charge in [-0.25, -0.2) is 0 Å². The van der Waals surface area contributed by atoms with Crippen molar-refractivity contribution in [3.63, 3.8) is 0 Å². The van der Waals surface area contributed by atoms with Gasteiger partial charge >= 0.3 is 0 Å². The molecule has 0 heterocycles. The average molecular weight is 272 g/mol. The minimum absolute atomic E-state index is 0.268. The normalized spacial score (nSPS) is 9.89. The van der Waals surface area contributed by atoms with E-state index in [2.05, 4.69) is 0 Å². The third-order valence-electron chi connectivity index (χ3n) is 2.52. The van der Waals surface area contributed by atoms with E-state index in [4.69, 9.17) is 28.4 Å². The fraction of sp³-hybridized carbons (Fsp3) is 0. The van der Waals surface area contributed by atoms with E-state index < -0.39 is 5.91 Å². The molecule has 2 aromatic carbocycles. The number of carbonyl (C=O) groups excluding carboxylic acids is 1. The Morgan fingerprint density at radius 2 is 1.63 bits per heavy atom. The van der Waals surface area contributed by atoms with Crippen molar-refractivity contribution in [1.82, 2.24) is 0 Å². The van der Waals surface area contributed by atoms with E-state index >= 15 is 0 Å². The molecule has 1 amide bonds. The lowest BCUT2D eigenvalue weighted by Gasteiger charge is -2.10. The maximum atomic E-state index is 11.0. The van der Waals surface area contributed by atoms with E-state index in [1.807, 2.05) is 12.1 Å². The molecule has 0 atom stereocenters. The summed E-state index contributed by atoms with van der Waals surface area (Å²) in [4.78, 5) is 11.2. The molecular formula is C14H12N2O2S. The van der Waals surface area contributed by atoms with Crippen LogP contribution < -0.4 is 16.2 Å². The first-order chi connectivity index (χ1) is 9.08. The topological polar surface area (TPSA) is 78.3 Å². The summed E-state index contributed by atoms with van der Waals surface area (Å²) in [5.74, 6) is 0.672. The number of hydrogen-bond donors (Lipinski definition) is 2. The molecule has 2 rings (SSSR count). The summed E-state index contributed by atoms with van der Waals surface area (Å²) >= 11 is 4.96. The fourth-order valence-corrected chi connectivity index (χ4v) is 1.74. The van der Waals surface area contributed by atoms with E-state index in [9.17, 15) is 4.79 Å². The van der Waals surface area contributed by atoms with Gasteiger partial charge in [-0.15, -0.1) is 0 Å². The van der Waals surface area contributed by atoms with Crippen LogP contribution in [0.2, 0.25) is 0 Å². The largest absolute Gasteiger partial charge is 0.457 e. The number of hydrogen-bond acceptors (Lipinski definition) is 3. The summed E-state index contributed by atoms with van der Waals surface area (Å²) in [5, 5.41) is 0. The number of para-hydroxylation sites is 1. The Kier molecular flexibility index (Phi) is 3.77. The quantitative estimate of drug-likeness (QED) is 0.836. The van der Waals surface area contributed by atoms with Crippen LogP contribution >= 0.6 is 12.2 Å². The van der Waals surface area contributed by atoms with Crippen molar-refractivity contribution in [2.75, 3.05) is 0 Å². The molecule has 0 saturated heterocycles. The zero-order valence-electron chi connectivity index (χ0n) is 10.00. The summed E-state index contributed by atoms with van der Waals surface area (Å²) in [7, 11) is 0. The number of ether oxygens (including phenoxy) is 1. The molecule has 4 nitrogen and oxygen atoms in total. The fourth-order valence-electron chi connectivity index (χ4n) is 1.57. The van der Waals surface area contributed by atoms with E-state index in [0.29, 0.717) is 22.6 Å². The van der Waals surface area contributed by atoms with Crippen molar-refractivity contribution in [2.24, 2.45) is 11.5 Å². The third-order valence-corrected chi connectivity index (χ3v) is 2.74. The van der Waals surface area contributed by atoms with Crippen LogP contribution in [-0.2, 0) is 0 Å². The number of benzene rings is 2. The van der Waals surface area contributed by atoms with Gasteiger partial charge in [0, 0.05) is 5.56 Å². The number of nitrogens with two attached hydrogens (primary N) is 2. The number of rotatable bonds is 4. The lowest BCUT2D eigenvalue weighted by atomic mass is 10.2.